The Kier molecular flexibility index (Phi) is 5.54. The Morgan fingerprint density at radius 3 is 2.91 bits per heavy atom. The number of nitrogens with one attached hydrogen (secondary N) is 2. The largest absolute Gasteiger partial charge is 0.381 e. The number of carbonyl (C=O) groups is 1. The topological polar surface area (TPSA) is 89.0 Å². The molecule has 2 N–H and O–H groups in total. The van der Waals surface area contributed by atoms with Gasteiger partial charge in [0, 0.05) is 32.5 Å². The van der Waals surface area contributed by atoms with Crippen LogP contribution in [0.3, 0.4) is 0 Å². The lowest BCUT2D eigenvalue weighted by molar-refractivity contribution is 0.0926. The van der Waals surface area contributed by atoms with E-state index in [0.717, 1.165) is 13.0 Å². The van der Waals surface area contributed by atoms with E-state index in [2.05, 4.69) is 29.2 Å². The van der Waals surface area contributed by atoms with Crippen LogP contribution in [0.2, 0.25) is 0 Å². The minimum atomic E-state index is -0.305. The Morgan fingerprint density at radius 1 is 1.48 bits per heavy atom. The molecule has 0 aliphatic carbocycles. The molecule has 2 heterocycles. The highest BCUT2D eigenvalue weighted by atomic mass is 16.5. The van der Waals surface area contributed by atoms with E-state index in [4.69, 9.17) is 4.74 Å². The van der Waals surface area contributed by atoms with Gasteiger partial charge in [0.25, 0.3) is 11.5 Å². The predicted octanol–water partition coefficient (Wildman–Crippen LogP) is 1.36. The molecule has 0 spiro atoms. The molecule has 0 unspecified atom stereocenters. The van der Waals surface area contributed by atoms with Gasteiger partial charge in [-0.05, 0) is 25.3 Å². The highest BCUT2D eigenvalue weighted by molar-refractivity contribution is 6.05. The summed E-state index contributed by atoms with van der Waals surface area (Å²) in [6.07, 6.45) is 0.733. The summed E-state index contributed by atoms with van der Waals surface area (Å²) < 4.78 is 7.00. The van der Waals surface area contributed by atoms with E-state index in [9.17, 15) is 9.59 Å². The molecular formula is C16H24N4O3. The van der Waals surface area contributed by atoms with Crippen molar-refractivity contribution in [3.63, 3.8) is 0 Å². The van der Waals surface area contributed by atoms with Crippen molar-refractivity contribution < 1.29 is 9.53 Å². The van der Waals surface area contributed by atoms with Gasteiger partial charge in [0.05, 0.1) is 10.9 Å². The fraction of sp³-hybridized carbons (Fsp3) is 0.562. The Morgan fingerprint density at radius 2 is 2.22 bits per heavy atom. The van der Waals surface area contributed by atoms with E-state index in [-0.39, 0.29) is 11.5 Å². The van der Waals surface area contributed by atoms with Gasteiger partial charge in [-0.2, -0.15) is 0 Å². The zero-order valence-electron chi connectivity index (χ0n) is 14.1. The molecule has 0 saturated heterocycles. The number of aryl methyl sites for hydroxylation is 2. The van der Waals surface area contributed by atoms with Gasteiger partial charge < -0.3 is 10.1 Å². The molecule has 0 aliphatic rings. The monoisotopic (exact) mass is 320 g/mol. The number of H-pyrrole nitrogens is 1. The third-order valence-corrected chi connectivity index (χ3v) is 3.39. The van der Waals surface area contributed by atoms with E-state index in [0.29, 0.717) is 41.4 Å². The molecule has 0 saturated carbocycles. The highest BCUT2D eigenvalue weighted by Crippen LogP contribution is 2.14. The quantitative estimate of drug-likeness (QED) is 0.754. The number of pyridine rings is 1. The molecule has 2 aromatic rings. The maximum atomic E-state index is 12.4. The standard InChI is InChI=1S/C16H24N4O3/c1-10(2)9-23-7-5-6-17-15(21)12-8-11(3)18-14-13(12)16(22)19-20(14)4/h8,10H,5-7,9H2,1-4H3,(H,17,21)(H,19,22). The van der Waals surface area contributed by atoms with Gasteiger partial charge in [-0.1, -0.05) is 13.8 Å². The minimum Gasteiger partial charge on any atom is -0.381 e. The van der Waals surface area contributed by atoms with Crippen LogP contribution in [0.15, 0.2) is 10.9 Å². The highest BCUT2D eigenvalue weighted by Gasteiger charge is 2.17. The molecule has 0 fully saturated rings. The average molecular weight is 320 g/mol. The number of fused-ring (bicyclic) bond motifs is 1. The second kappa shape index (κ2) is 7.41. The van der Waals surface area contributed by atoms with Crippen LogP contribution >= 0.6 is 0 Å². The second-order valence-electron chi connectivity index (χ2n) is 6.09. The summed E-state index contributed by atoms with van der Waals surface area (Å²) in [6.45, 7) is 7.82. The van der Waals surface area contributed by atoms with Gasteiger partial charge in [0.2, 0.25) is 0 Å². The lowest BCUT2D eigenvalue weighted by Crippen LogP contribution is -2.26. The number of rotatable bonds is 7. The number of ether oxygens (including phenoxy) is 1. The van der Waals surface area contributed by atoms with Crippen LogP contribution in [0, 0.1) is 12.8 Å². The molecule has 0 aliphatic heterocycles. The van der Waals surface area contributed by atoms with Crippen molar-refractivity contribution in [2.75, 3.05) is 19.8 Å². The smallest absolute Gasteiger partial charge is 0.274 e. The van der Waals surface area contributed by atoms with E-state index >= 15 is 0 Å². The van der Waals surface area contributed by atoms with E-state index in [1.807, 2.05) is 0 Å². The van der Waals surface area contributed by atoms with Crippen molar-refractivity contribution in [3.8, 4) is 0 Å². The molecule has 0 atom stereocenters. The maximum absolute atomic E-state index is 12.4. The molecule has 1 amide bonds. The van der Waals surface area contributed by atoms with Crippen molar-refractivity contribution in [1.29, 1.82) is 0 Å². The summed E-state index contributed by atoms with van der Waals surface area (Å²) in [5.74, 6) is 0.239. The van der Waals surface area contributed by atoms with Gasteiger partial charge in [0.15, 0.2) is 5.65 Å². The van der Waals surface area contributed by atoms with Crippen LogP contribution in [0.25, 0.3) is 11.0 Å². The molecule has 23 heavy (non-hydrogen) atoms. The maximum Gasteiger partial charge on any atom is 0.274 e. The summed E-state index contributed by atoms with van der Waals surface area (Å²) >= 11 is 0. The van der Waals surface area contributed by atoms with Crippen molar-refractivity contribution in [2.24, 2.45) is 13.0 Å². The first kappa shape index (κ1) is 17.2. The molecule has 7 heteroatoms. The Balaban J connectivity index is 2.03. The molecule has 126 valence electrons. The average Bonchev–Trinajstić information content (AvgIpc) is 2.76. The summed E-state index contributed by atoms with van der Waals surface area (Å²) in [6, 6.07) is 1.64. The number of hydrogen-bond acceptors (Lipinski definition) is 4. The van der Waals surface area contributed by atoms with E-state index in [1.165, 1.54) is 4.68 Å². The first-order chi connectivity index (χ1) is 10.9. The molecule has 7 nitrogen and oxygen atoms in total. The Hall–Kier alpha value is -2.15. The normalized spacial score (nSPS) is 11.3. The summed E-state index contributed by atoms with van der Waals surface area (Å²) in [5.41, 5.74) is 1.23. The van der Waals surface area contributed by atoms with Gasteiger partial charge >= 0.3 is 0 Å². The number of hydrogen-bond donors (Lipinski definition) is 2. The number of nitrogens with zero attached hydrogens (tertiary/aromatic N) is 2. The zero-order chi connectivity index (χ0) is 17.0. The fourth-order valence-corrected chi connectivity index (χ4v) is 2.35. The van der Waals surface area contributed by atoms with Gasteiger partial charge in [-0.3, -0.25) is 19.4 Å². The Labute approximate surface area is 135 Å². The van der Waals surface area contributed by atoms with Crippen LogP contribution < -0.4 is 10.9 Å². The van der Waals surface area contributed by atoms with Crippen LogP contribution in [-0.4, -0.2) is 40.4 Å². The fourth-order valence-electron chi connectivity index (χ4n) is 2.35. The third kappa shape index (κ3) is 4.19. The van der Waals surface area contributed by atoms with Crippen molar-refractivity contribution in [1.82, 2.24) is 20.1 Å². The molecule has 0 radical (unpaired) electrons. The number of aromatic nitrogens is 3. The predicted molar refractivity (Wildman–Crippen MR) is 88.7 cm³/mol. The summed E-state index contributed by atoms with van der Waals surface area (Å²) in [4.78, 5) is 28.7. The van der Waals surface area contributed by atoms with Crippen LogP contribution in [0.5, 0.6) is 0 Å². The van der Waals surface area contributed by atoms with Crippen molar-refractivity contribution in [2.45, 2.75) is 27.2 Å². The number of aromatic amines is 1. The SMILES string of the molecule is Cc1cc(C(=O)NCCCOCC(C)C)c2c(=O)[nH]n(C)c2n1. The summed E-state index contributed by atoms with van der Waals surface area (Å²) in [5, 5.41) is 5.79. The Bertz CT molecular complexity index is 746. The third-order valence-electron chi connectivity index (χ3n) is 3.39. The van der Waals surface area contributed by atoms with Gasteiger partial charge in [-0.25, -0.2) is 4.98 Å². The molecule has 2 rings (SSSR count). The van der Waals surface area contributed by atoms with Crippen LogP contribution in [0.4, 0.5) is 0 Å². The van der Waals surface area contributed by atoms with E-state index < -0.39 is 0 Å². The number of carbonyl (C=O) groups excluding carboxylic acids is 1. The first-order valence-corrected chi connectivity index (χ1v) is 7.82. The number of amides is 1. The first-order valence-electron chi connectivity index (χ1n) is 7.82. The second-order valence-corrected chi connectivity index (χ2v) is 6.09. The van der Waals surface area contributed by atoms with Crippen LogP contribution in [-0.2, 0) is 11.8 Å². The van der Waals surface area contributed by atoms with Crippen molar-refractivity contribution in [3.05, 3.63) is 27.7 Å². The molecule has 0 bridgehead atoms. The van der Waals surface area contributed by atoms with E-state index in [1.54, 1.807) is 20.0 Å². The lowest BCUT2D eigenvalue weighted by Gasteiger charge is -2.08. The molecule has 0 aromatic carbocycles. The van der Waals surface area contributed by atoms with Crippen LogP contribution in [0.1, 0.15) is 36.3 Å². The summed E-state index contributed by atoms with van der Waals surface area (Å²) in [7, 11) is 1.70. The molecule has 2 aromatic heterocycles. The zero-order valence-corrected chi connectivity index (χ0v) is 14.1. The molecular weight excluding hydrogens is 296 g/mol. The van der Waals surface area contributed by atoms with Gasteiger partial charge in [0.1, 0.15) is 0 Å². The minimum absolute atomic E-state index is 0.263. The van der Waals surface area contributed by atoms with Gasteiger partial charge in [-0.15, -0.1) is 0 Å². The lowest BCUT2D eigenvalue weighted by atomic mass is 10.1. The van der Waals surface area contributed by atoms with Crippen molar-refractivity contribution >= 4 is 16.9 Å².